The third-order valence-corrected chi connectivity index (χ3v) is 4.41. The van der Waals surface area contributed by atoms with Crippen molar-refractivity contribution in [2.75, 3.05) is 0 Å². The van der Waals surface area contributed by atoms with Gasteiger partial charge in [0.05, 0.1) is 10.7 Å². The second-order valence-electron chi connectivity index (χ2n) is 4.97. The Morgan fingerprint density at radius 3 is 2.75 bits per heavy atom. The second-order valence-corrected chi connectivity index (χ2v) is 6.04. The van der Waals surface area contributed by atoms with Gasteiger partial charge in [-0.2, -0.15) is 5.10 Å². The summed E-state index contributed by atoms with van der Waals surface area (Å²) >= 11 is 1.60. The van der Waals surface area contributed by atoms with Crippen molar-refractivity contribution in [1.82, 2.24) is 9.78 Å². The molecule has 0 aliphatic heterocycles. The lowest BCUT2D eigenvalue weighted by atomic mass is 10.0. The third kappa shape index (κ3) is 3.61. The molecule has 2 N–H and O–H groups in total. The predicted octanol–water partition coefficient (Wildman–Crippen LogP) is 3.30. The molecule has 20 heavy (non-hydrogen) atoms. The zero-order chi connectivity index (χ0) is 14.7. The van der Waals surface area contributed by atoms with Crippen molar-refractivity contribution in [1.29, 1.82) is 0 Å². The molecule has 1 aromatic carbocycles. The Balaban J connectivity index is 2.28. The molecule has 0 amide bonds. The van der Waals surface area contributed by atoms with Gasteiger partial charge >= 0.3 is 0 Å². The second kappa shape index (κ2) is 6.41. The van der Waals surface area contributed by atoms with Crippen molar-refractivity contribution < 1.29 is 4.39 Å². The Morgan fingerprint density at radius 2 is 2.15 bits per heavy atom. The highest BCUT2D eigenvalue weighted by Gasteiger charge is 2.12. The summed E-state index contributed by atoms with van der Waals surface area (Å²) in [6, 6.07) is 6.98. The van der Waals surface area contributed by atoms with Crippen LogP contribution >= 0.6 is 11.8 Å². The summed E-state index contributed by atoms with van der Waals surface area (Å²) in [6.07, 6.45) is 1.57. The van der Waals surface area contributed by atoms with E-state index in [1.54, 1.807) is 17.8 Å². The fourth-order valence-corrected chi connectivity index (χ4v) is 3.07. The summed E-state index contributed by atoms with van der Waals surface area (Å²) in [5.74, 6) is -0.214. The largest absolute Gasteiger partial charge is 0.327 e. The smallest absolute Gasteiger partial charge is 0.123 e. The number of rotatable bonds is 5. The van der Waals surface area contributed by atoms with E-state index < -0.39 is 0 Å². The molecule has 0 saturated carbocycles. The van der Waals surface area contributed by atoms with E-state index in [9.17, 15) is 4.39 Å². The summed E-state index contributed by atoms with van der Waals surface area (Å²) < 4.78 is 15.3. The molecule has 0 radical (unpaired) electrons. The number of nitrogens with two attached hydrogens (primary N) is 1. The number of benzene rings is 1. The number of hydrogen-bond donors (Lipinski definition) is 1. The summed E-state index contributed by atoms with van der Waals surface area (Å²) in [5, 5.41) is 5.37. The molecule has 0 aliphatic rings. The number of hydrogen-bond acceptors (Lipinski definition) is 3. The molecule has 1 unspecified atom stereocenters. The average molecular weight is 293 g/mol. The van der Waals surface area contributed by atoms with Crippen LogP contribution in [-0.4, -0.2) is 15.8 Å². The van der Waals surface area contributed by atoms with Gasteiger partial charge < -0.3 is 5.73 Å². The molecular weight excluding hydrogens is 273 g/mol. The lowest BCUT2D eigenvalue weighted by Gasteiger charge is -2.13. The van der Waals surface area contributed by atoms with E-state index in [1.165, 1.54) is 6.07 Å². The Labute approximate surface area is 123 Å². The molecular formula is C15H20FN3S. The molecule has 0 bridgehead atoms. The van der Waals surface area contributed by atoms with Crippen molar-refractivity contribution in [2.45, 2.75) is 42.7 Å². The van der Waals surface area contributed by atoms with E-state index in [2.05, 4.69) is 5.10 Å². The number of aryl methyl sites for hydroxylation is 2. The topological polar surface area (TPSA) is 43.8 Å². The summed E-state index contributed by atoms with van der Waals surface area (Å²) in [4.78, 5) is 1.04. The Kier molecular flexibility index (Phi) is 4.83. The monoisotopic (exact) mass is 293 g/mol. The van der Waals surface area contributed by atoms with Crippen molar-refractivity contribution in [3.8, 4) is 0 Å². The van der Waals surface area contributed by atoms with E-state index in [4.69, 9.17) is 5.73 Å². The zero-order valence-electron chi connectivity index (χ0n) is 12.1. The van der Waals surface area contributed by atoms with Crippen molar-refractivity contribution in [3.05, 3.63) is 41.3 Å². The van der Waals surface area contributed by atoms with Crippen LogP contribution in [-0.2, 0) is 13.5 Å². The van der Waals surface area contributed by atoms with Crippen molar-refractivity contribution >= 4 is 11.8 Å². The van der Waals surface area contributed by atoms with Crippen LogP contribution in [0.1, 0.15) is 24.6 Å². The number of halogens is 1. The van der Waals surface area contributed by atoms with Gasteiger partial charge in [-0.15, -0.1) is 0 Å². The molecule has 0 aliphatic carbocycles. The summed E-state index contributed by atoms with van der Waals surface area (Å²) in [7, 11) is 1.91. The molecule has 2 rings (SSSR count). The fraction of sp³-hybridized carbons (Fsp3) is 0.400. The van der Waals surface area contributed by atoms with Crippen LogP contribution in [0.25, 0.3) is 0 Å². The highest BCUT2D eigenvalue weighted by molar-refractivity contribution is 7.99. The first kappa shape index (κ1) is 15.1. The van der Waals surface area contributed by atoms with Crippen LogP contribution in [0.2, 0.25) is 0 Å². The Hall–Kier alpha value is -1.33. The first-order valence-corrected chi connectivity index (χ1v) is 7.53. The third-order valence-electron chi connectivity index (χ3n) is 3.20. The van der Waals surface area contributed by atoms with Gasteiger partial charge in [-0.25, -0.2) is 4.39 Å². The van der Waals surface area contributed by atoms with Gasteiger partial charge in [-0.1, -0.05) is 18.7 Å². The zero-order valence-corrected chi connectivity index (χ0v) is 12.9. The van der Waals surface area contributed by atoms with Crippen molar-refractivity contribution in [3.63, 3.8) is 0 Å². The highest BCUT2D eigenvalue weighted by atomic mass is 32.2. The van der Waals surface area contributed by atoms with Crippen LogP contribution in [0.4, 0.5) is 4.39 Å². The van der Waals surface area contributed by atoms with Crippen LogP contribution in [0.5, 0.6) is 0 Å². The van der Waals surface area contributed by atoms with Crippen LogP contribution < -0.4 is 5.73 Å². The highest BCUT2D eigenvalue weighted by Crippen LogP contribution is 2.31. The molecule has 1 aromatic heterocycles. The first-order chi connectivity index (χ1) is 9.49. The van der Waals surface area contributed by atoms with E-state index in [1.807, 2.05) is 37.7 Å². The normalized spacial score (nSPS) is 12.7. The summed E-state index contributed by atoms with van der Waals surface area (Å²) in [6.45, 7) is 4.00. The molecule has 0 saturated heterocycles. The predicted molar refractivity (Wildman–Crippen MR) is 80.4 cm³/mol. The van der Waals surface area contributed by atoms with Crippen molar-refractivity contribution in [2.24, 2.45) is 12.8 Å². The molecule has 1 heterocycles. The van der Waals surface area contributed by atoms with E-state index in [0.29, 0.717) is 6.42 Å². The Morgan fingerprint density at radius 1 is 1.40 bits per heavy atom. The van der Waals surface area contributed by atoms with Gasteiger partial charge in [0.2, 0.25) is 0 Å². The van der Waals surface area contributed by atoms with E-state index >= 15 is 0 Å². The molecule has 3 nitrogen and oxygen atoms in total. The quantitative estimate of drug-likeness (QED) is 0.920. The van der Waals surface area contributed by atoms with Gasteiger partial charge in [0.15, 0.2) is 0 Å². The minimum Gasteiger partial charge on any atom is -0.327 e. The van der Waals surface area contributed by atoms with Crippen LogP contribution in [0, 0.1) is 12.7 Å². The summed E-state index contributed by atoms with van der Waals surface area (Å²) in [5.41, 5.74) is 7.94. The first-order valence-electron chi connectivity index (χ1n) is 6.72. The molecule has 108 valence electrons. The van der Waals surface area contributed by atoms with Gasteiger partial charge in [0.25, 0.3) is 0 Å². The fourth-order valence-electron chi connectivity index (χ4n) is 2.03. The SMILES string of the molecule is CCC(N)Cc1cc(F)ccc1Sc1cc(C)nn1C. The molecule has 2 aromatic rings. The lowest BCUT2D eigenvalue weighted by molar-refractivity contribution is 0.609. The van der Waals surface area contributed by atoms with Crippen LogP contribution in [0.15, 0.2) is 34.2 Å². The minimum atomic E-state index is -0.214. The molecule has 5 heteroatoms. The standard InChI is InChI=1S/C15H20FN3S/c1-4-13(17)9-11-8-12(16)5-6-14(11)20-15-7-10(2)18-19(15)3/h5-8,13H,4,9,17H2,1-3H3. The lowest BCUT2D eigenvalue weighted by Crippen LogP contribution is -2.21. The van der Waals surface area contributed by atoms with Gasteiger partial charge in [0.1, 0.15) is 5.82 Å². The maximum atomic E-state index is 13.5. The molecule has 0 fully saturated rings. The molecule has 1 atom stereocenters. The van der Waals surface area contributed by atoms with E-state index in [0.717, 1.165) is 27.6 Å². The minimum absolute atomic E-state index is 0.0597. The van der Waals surface area contributed by atoms with Gasteiger partial charge in [-0.05, 0) is 49.6 Å². The van der Waals surface area contributed by atoms with Crippen LogP contribution in [0.3, 0.4) is 0 Å². The van der Waals surface area contributed by atoms with E-state index in [-0.39, 0.29) is 11.9 Å². The Bertz CT molecular complexity index is 595. The molecule has 0 spiro atoms. The maximum Gasteiger partial charge on any atom is 0.123 e. The van der Waals surface area contributed by atoms with Gasteiger partial charge in [-0.3, -0.25) is 4.68 Å². The van der Waals surface area contributed by atoms with Gasteiger partial charge in [0, 0.05) is 18.0 Å². The average Bonchev–Trinajstić information content (AvgIpc) is 2.71. The number of aromatic nitrogens is 2. The maximum absolute atomic E-state index is 13.5. The number of nitrogens with zero attached hydrogens (tertiary/aromatic N) is 2.